The number of aromatic nitrogens is 2. The minimum Gasteiger partial charge on any atom is -0.482 e. The third kappa shape index (κ3) is 2.79. The minimum atomic E-state index is 0.106. The van der Waals surface area contributed by atoms with E-state index in [1.165, 1.54) is 6.26 Å². The summed E-state index contributed by atoms with van der Waals surface area (Å²) in [4.78, 5) is 0. The first-order valence-corrected chi connectivity index (χ1v) is 6.42. The van der Waals surface area contributed by atoms with Crippen LogP contribution in [0.5, 0.6) is 5.75 Å². The molecule has 5 nitrogen and oxygen atoms in total. The van der Waals surface area contributed by atoms with Crippen molar-refractivity contribution in [1.29, 1.82) is 0 Å². The number of halogens is 2. The summed E-state index contributed by atoms with van der Waals surface area (Å²) in [6.45, 7) is 0.106. The zero-order chi connectivity index (χ0) is 13.9. The fourth-order valence-electron chi connectivity index (χ4n) is 1.54. The van der Waals surface area contributed by atoms with Gasteiger partial charge in [0.2, 0.25) is 0 Å². The molecule has 3 aromatic rings. The van der Waals surface area contributed by atoms with Crippen molar-refractivity contribution in [2.24, 2.45) is 0 Å². The van der Waals surface area contributed by atoms with Crippen LogP contribution in [-0.4, -0.2) is 10.2 Å². The number of benzene rings is 1. The molecule has 0 fully saturated rings. The summed E-state index contributed by atoms with van der Waals surface area (Å²) in [6, 6.07) is 8.43. The van der Waals surface area contributed by atoms with Crippen LogP contribution in [-0.2, 0) is 6.61 Å². The topological polar surface area (TPSA) is 61.3 Å². The van der Waals surface area contributed by atoms with Gasteiger partial charge in [0.15, 0.2) is 12.4 Å². The smallest absolute Gasteiger partial charge is 0.283 e. The monoisotopic (exact) mass is 310 g/mol. The van der Waals surface area contributed by atoms with Crippen LogP contribution in [0.4, 0.5) is 0 Å². The fraction of sp³-hybridized carbons (Fsp3) is 0.0769. The highest BCUT2D eigenvalue weighted by Crippen LogP contribution is 2.28. The van der Waals surface area contributed by atoms with Gasteiger partial charge in [0.25, 0.3) is 11.8 Å². The van der Waals surface area contributed by atoms with E-state index in [9.17, 15) is 0 Å². The number of furan rings is 1. The highest BCUT2D eigenvalue weighted by Gasteiger charge is 2.12. The van der Waals surface area contributed by atoms with Crippen LogP contribution in [0.25, 0.3) is 11.7 Å². The lowest BCUT2D eigenvalue weighted by Gasteiger charge is -2.05. The summed E-state index contributed by atoms with van der Waals surface area (Å²) in [5, 5.41) is 8.69. The average Bonchev–Trinajstić information content (AvgIpc) is 3.08. The number of hydrogen-bond donors (Lipinski definition) is 0. The lowest BCUT2D eigenvalue weighted by molar-refractivity contribution is 0.264. The van der Waals surface area contributed by atoms with Gasteiger partial charge >= 0.3 is 0 Å². The predicted molar refractivity (Wildman–Crippen MR) is 72.8 cm³/mol. The zero-order valence-electron chi connectivity index (χ0n) is 10.0. The minimum absolute atomic E-state index is 0.106. The van der Waals surface area contributed by atoms with E-state index < -0.39 is 0 Å². The van der Waals surface area contributed by atoms with Gasteiger partial charge in [-0.2, -0.15) is 0 Å². The average molecular weight is 311 g/mol. The van der Waals surface area contributed by atoms with Crippen LogP contribution < -0.4 is 4.74 Å². The summed E-state index contributed by atoms with van der Waals surface area (Å²) in [7, 11) is 0. The second kappa shape index (κ2) is 5.56. The maximum absolute atomic E-state index is 5.99. The van der Waals surface area contributed by atoms with Crippen molar-refractivity contribution in [3.63, 3.8) is 0 Å². The van der Waals surface area contributed by atoms with E-state index in [2.05, 4.69) is 10.2 Å². The summed E-state index contributed by atoms with van der Waals surface area (Å²) in [6.07, 6.45) is 1.53. The Hall–Kier alpha value is -1.98. The Labute approximate surface area is 124 Å². The molecule has 0 aliphatic rings. The molecule has 0 saturated carbocycles. The molecule has 20 heavy (non-hydrogen) atoms. The van der Waals surface area contributed by atoms with E-state index in [4.69, 9.17) is 36.8 Å². The third-order valence-electron chi connectivity index (χ3n) is 2.44. The van der Waals surface area contributed by atoms with Crippen molar-refractivity contribution in [3.05, 3.63) is 52.5 Å². The molecule has 0 spiro atoms. The van der Waals surface area contributed by atoms with E-state index in [1.807, 2.05) is 0 Å². The Morgan fingerprint density at radius 1 is 1.15 bits per heavy atom. The van der Waals surface area contributed by atoms with Gasteiger partial charge in [-0.3, -0.25) is 0 Å². The largest absolute Gasteiger partial charge is 0.482 e. The summed E-state index contributed by atoms with van der Waals surface area (Å²) >= 11 is 11.8. The zero-order valence-corrected chi connectivity index (χ0v) is 11.6. The quantitative estimate of drug-likeness (QED) is 0.722. The van der Waals surface area contributed by atoms with Crippen molar-refractivity contribution in [2.75, 3.05) is 0 Å². The van der Waals surface area contributed by atoms with Gasteiger partial charge in [-0.05, 0) is 30.3 Å². The van der Waals surface area contributed by atoms with Crippen molar-refractivity contribution in [2.45, 2.75) is 6.61 Å². The molecule has 0 N–H and O–H groups in total. The molecule has 0 aliphatic carbocycles. The number of hydrogen-bond acceptors (Lipinski definition) is 5. The first-order chi connectivity index (χ1) is 9.72. The normalized spacial score (nSPS) is 10.7. The lowest BCUT2D eigenvalue weighted by Crippen LogP contribution is -1.96. The van der Waals surface area contributed by atoms with E-state index in [0.29, 0.717) is 33.3 Å². The van der Waals surface area contributed by atoms with Gasteiger partial charge in [-0.1, -0.05) is 23.2 Å². The van der Waals surface area contributed by atoms with Gasteiger partial charge in [0.05, 0.1) is 11.3 Å². The van der Waals surface area contributed by atoms with Crippen LogP contribution in [0, 0.1) is 0 Å². The summed E-state index contributed by atoms with van der Waals surface area (Å²) < 4.78 is 16.0. The second-order valence-corrected chi connectivity index (χ2v) is 4.69. The van der Waals surface area contributed by atoms with E-state index in [0.717, 1.165) is 0 Å². The molecule has 0 atom stereocenters. The van der Waals surface area contributed by atoms with E-state index >= 15 is 0 Å². The van der Waals surface area contributed by atoms with Gasteiger partial charge < -0.3 is 13.6 Å². The number of ether oxygens (including phenoxy) is 1. The molecule has 1 aromatic carbocycles. The van der Waals surface area contributed by atoms with Crippen molar-refractivity contribution >= 4 is 23.2 Å². The maximum Gasteiger partial charge on any atom is 0.283 e. The van der Waals surface area contributed by atoms with Crippen LogP contribution in [0.15, 0.2) is 45.4 Å². The first kappa shape index (κ1) is 13.0. The Kier molecular flexibility index (Phi) is 3.62. The predicted octanol–water partition coefficient (Wildman–Crippen LogP) is 4.22. The molecule has 0 radical (unpaired) electrons. The van der Waals surface area contributed by atoms with E-state index in [-0.39, 0.29) is 6.61 Å². The molecule has 0 bridgehead atoms. The number of nitrogens with zero attached hydrogens (tertiary/aromatic N) is 2. The number of rotatable bonds is 4. The SMILES string of the molecule is Clc1ccc(OCc2nnc(-c3ccco3)o2)c(Cl)c1. The highest BCUT2D eigenvalue weighted by molar-refractivity contribution is 6.35. The van der Waals surface area contributed by atoms with Gasteiger partial charge in [-0.15, -0.1) is 10.2 Å². The molecule has 0 aliphatic heterocycles. The Bertz CT molecular complexity index is 710. The molecule has 7 heteroatoms. The van der Waals surface area contributed by atoms with Gasteiger partial charge in [0.1, 0.15) is 5.75 Å². The lowest BCUT2D eigenvalue weighted by atomic mass is 10.3. The summed E-state index contributed by atoms with van der Waals surface area (Å²) in [5.41, 5.74) is 0. The van der Waals surface area contributed by atoms with Crippen LogP contribution in [0.2, 0.25) is 10.0 Å². The molecular weight excluding hydrogens is 303 g/mol. The molecule has 0 unspecified atom stereocenters. The Balaban J connectivity index is 1.70. The molecular formula is C13H8Cl2N2O3. The van der Waals surface area contributed by atoms with Crippen molar-refractivity contribution < 1.29 is 13.6 Å². The van der Waals surface area contributed by atoms with Crippen LogP contribution in [0.3, 0.4) is 0 Å². The summed E-state index contributed by atoms with van der Waals surface area (Å²) in [5.74, 6) is 1.63. The van der Waals surface area contributed by atoms with Crippen molar-refractivity contribution in [3.8, 4) is 17.4 Å². The van der Waals surface area contributed by atoms with Gasteiger partial charge in [0, 0.05) is 5.02 Å². The fourth-order valence-corrected chi connectivity index (χ4v) is 2.01. The molecule has 3 rings (SSSR count). The highest BCUT2D eigenvalue weighted by atomic mass is 35.5. The van der Waals surface area contributed by atoms with Crippen LogP contribution in [0.1, 0.15) is 5.89 Å². The maximum atomic E-state index is 5.99. The molecule has 0 saturated heterocycles. The van der Waals surface area contributed by atoms with E-state index in [1.54, 1.807) is 30.3 Å². The van der Waals surface area contributed by atoms with Gasteiger partial charge in [-0.25, -0.2) is 0 Å². The molecule has 2 heterocycles. The Morgan fingerprint density at radius 3 is 2.80 bits per heavy atom. The second-order valence-electron chi connectivity index (χ2n) is 3.84. The third-order valence-corrected chi connectivity index (χ3v) is 2.97. The van der Waals surface area contributed by atoms with Crippen LogP contribution >= 0.6 is 23.2 Å². The molecule has 102 valence electrons. The molecule has 2 aromatic heterocycles. The standard InChI is InChI=1S/C13H8Cl2N2O3/c14-8-3-4-10(9(15)6-8)19-7-12-16-17-13(20-12)11-2-1-5-18-11/h1-6H,7H2. The Morgan fingerprint density at radius 2 is 2.05 bits per heavy atom. The molecule has 0 amide bonds. The first-order valence-electron chi connectivity index (χ1n) is 5.66. The van der Waals surface area contributed by atoms with Crippen molar-refractivity contribution in [1.82, 2.24) is 10.2 Å².